The molecule has 0 radical (unpaired) electrons. The fraction of sp³-hybridized carbons (Fsp3) is 0.900. The Morgan fingerprint density at radius 1 is 1.62 bits per heavy atom. The average Bonchev–Trinajstić information content (AvgIpc) is 2.86. The molecule has 0 bridgehead atoms. The monoisotopic (exact) mass is 185 g/mol. The van der Waals surface area contributed by atoms with Crippen molar-refractivity contribution >= 4 is 5.97 Å². The van der Waals surface area contributed by atoms with E-state index in [9.17, 15) is 4.79 Å². The molecule has 1 fully saturated rings. The van der Waals surface area contributed by atoms with Gasteiger partial charge in [0, 0.05) is 5.54 Å². The molecule has 1 saturated carbocycles. The van der Waals surface area contributed by atoms with Gasteiger partial charge < -0.3 is 10.1 Å². The highest BCUT2D eigenvalue weighted by atomic mass is 16.5. The van der Waals surface area contributed by atoms with Crippen LogP contribution in [0.5, 0.6) is 0 Å². The van der Waals surface area contributed by atoms with Gasteiger partial charge in [0.1, 0.15) is 0 Å². The SMILES string of the molecule is CCNC(C)(CC(=O)OC)C1CC1. The smallest absolute Gasteiger partial charge is 0.307 e. The number of ether oxygens (including phenoxy) is 1. The lowest BCUT2D eigenvalue weighted by Crippen LogP contribution is -2.46. The lowest BCUT2D eigenvalue weighted by molar-refractivity contribution is -0.142. The molecule has 0 aliphatic heterocycles. The lowest BCUT2D eigenvalue weighted by atomic mass is 9.91. The van der Waals surface area contributed by atoms with Crippen molar-refractivity contribution in [2.24, 2.45) is 5.92 Å². The Balaban J connectivity index is 2.50. The maximum absolute atomic E-state index is 11.2. The quantitative estimate of drug-likeness (QED) is 0.657. The Kier molecular flexibility index (Phi) is 3.31. The van der Waals surface area contributed by atoms with E-state index in [4.69, 9.17) is 4.74 Å². The zero-order chi connectivity index (χ0) is 9.90. The number of hydrogen-bond acceptors (Lipinski definition) is 3. The number of hydrogen-bond donors (Lipinski definition) is 1. The summed E-state index contributed by atoms with van der Waals surface area (Å²) in [5, 5.41) is 3.39. The molecule has 1 rings (SSSR count). The van der Waals surface area contributed by atoms with Crippen molar-refractivity contribution < 1.29 is 9.53 Å². The first-order chi connectivity index (χ1) is 6.12. The first kappa shape index (κ1) is 10.5. The molecular formula is C10H19NO2. The van der Waals surface area contributed by atoms with Gasteiger partial charge in [-0.25, -0.2) is 0 Å². The number of nitrogens with one attached hydrogen (secondary N) is 1. The molecule has 1 unspecified atom stereocenters. The minimum atomic E-state index is -0.115. The van der Waals surface area contributed by atoms with Crippen molar-refractivity contribution in [2.45, 2.75) is 38.6 Å². The molecule has 0 saturated heterocycles. The van der Waals surface area contributed by atoms with Crippen molar-refractivity contribution in [1.82, 2.24) is 5.32 Å². The molecule has 3 heteroatoms. The van der Waals surface area contributed by atoms with E-state index < -0.39 is 0 Å². The van der Waals surface area contributed by atoms with E-state index in [1.54, 1.807) is 0 Å². The first-order valence-electron chi connectivity index (χ1n) is 4.94. The molecule has 1 N–H and O–H groups in total. The third-order valence-corrected chi connectivity index (χ3v) is 2.80. The second-order valence-electron chi connectivity index (χ2n) is 3.97. The number of carbonyl (C=O) groups is 1. The topological polar surface area (TPSA) is 38.3 Å². The molecule has 0 aromatic heterocycles. The van der Waals surface area contributed by atoms with E-state index in [0.29, 0.717) is 12.3 Å². The van der Waals surface area contributed by atoms with Crippen molar-refractivity contribution in [3.63, 3.8) is 0 Å². The number of carbonyl (C=O) groups excluding carboxylic acids is 1. The molecule has 1 atom stereocenters. The standard InChI is InChI=1S/C10H19NO2/c1-4-11-10(2,8-5-6-8)7-9(12)13-3/h8,11H,4-7H2,1-3H3. The normalized spacial score (nSPS) is 20.8. The summed E-state index contributed by atoms with van der Waals surface area (Å²) in [5.41, 5.74) is -0.0398. The first-order valence-corrected chi connectivity index (χ1v) is 4.94. The van der Waals surface area contributed by atoms with Gasteiger partial charge in [0.25, 0.3) is 0 Å². The maximum atomic E-state index is 11.2. The summed E-state index contributed by atoms with van der Waals surface area (Å²) in [6, 6.07) is 0. The van der Waals surface area contributed by atoms with Crippen molar-refractivity contribution in [2.75, 3.05) is 13.7 Å². The molecule has 0 heterocycles. The largest absolute Gasteiger partial charge is 0.469 e. The highest BCUT2D eigenvalue weighted by Gasteiger charge is 2.42. The molecule has 0 spiro atoms. The number of rotatable bonds is 5. The van der Waals surface area contributed by atoms with Crippen LogP contribution in [0.1, 0.15) is 33.1 Å². The van der Waals surface area contributed by atoms with Crippen LogP contribution in [0.15, 0.2) is 0 Å². The Labute approximate surface area is 79.8 Å². The Bertz CT molecular complexity index is 189. The summed E-state index contributed by atoms with van der Waals surface area (Å²) in [7, 11) is 1.45. The Morgan fingerprint density at radius 3 is 2.62 bits per heavy atom. The zero-order valence-corrected chi connectivity index (χ0v) is 8.72. The van der Waals surface area contributed by atoms with Crippen molar-refractivity contribution in [3.8, 4) is 0 Å². The summed E-state index contributed by atoms with van der Waals surface area (Å²) in [5.74, 6) is 0.543. The number of methoxy groups -OCH3 is 1. The summed E-state index contributed by atoms with van der Waals surface area (Å²) < 4.78 is 4.69. The molecule has 13 heavy (non-hydrogen) atoms. The van der Waals surface area contributed by atoms with Crippen LogP contribution in [-0.2, 0) is 9.53 Å². The van der Waals surface area contributed by atoms with Gasteiger partial charge in [-0.1, -0.05) is 6.92 Å². The lowest BCUT2D eigenvalue weighted by Gasteiger charge is -2.29. The Hall–Kier alpha value is -0.570. The summed E-state index contributed by atoms with van der Waals surface area (Å²) in [4.78, 5) is 11.2. The zero-order valence-electron chi connectivity index (χ0n) is 8.72. The van der Waals surface area contributed by atoms with Crippen LogP contribution in [0.2, 0.25) is 0 Å². The molecule has 76 valence electrons. The van der Waals surface area contributed by atoms with Gasteiger partial charge in [0.05, 0.1) is 13.5 Å². The van der Waals surface area contributed by atoms with Gasteiger partial charge in [0.15, 0.2) is 0 Å². The molecule has 0 amide bonds. The minimum Gasteiger partial charge on any atom is -0.469 e. The van der Waals surface area contributed by atoms with E-state index in [-0.39, 0.29) is 11.5 Å². The predicted octanol–water partition coefficient (Wildman–Crippen LogP) is 1.33. The van der Waals surface area contributed by atoms with Crippen LogP contribution < -0.4 is 5.32 Å². The summed E-state index contributed by atoms with van der Waals surface area (Å²) in [6.07, 6.45) is 2.96. The van der Waals surface area contributed by atoms with Crippen molar-refractivity contribution in [3.05, 3.63) is 0 Å². The van der Waals surface area contributed by atoms with Gasteiger partial charge in [-0.2, -0.15) is 0 Å². The second-order valence-corrected chi connectivity index (χ2v) is 3.97. The fourth-order valence-electron chi connectivity index (χ4n) is 1.85. The van der Waals surface area contributed by atoms with E-state index in [0.717, 1.165) is 6.54 Å². The van der Waals surface area contributed by atoms with Crippen LogP contribution in [0.3, 0.4) is 0 Å². The van der Waals surface area contributed by atoms with Crippen LogP contribution in [-0.4, -0.2) is 25.2 Å². The van der Waals surface area contributed by atoms with E-state index in [1.165, 1.54) is 20.0 Å². The molecule has 3 nitrogen and oxygen atoms in total. The molecule has 1 aliphatic rings. The van der Waals surface area contributed by atoms with Crippen LogP contribution >= 0.6 is 0 Å². The van der Waals surface area contributed by atoms with Gasteiger partial charge in [-0.3, -0.25) is 4.79 Å². The Morgan fingerprint density at radius 2 is 2.23 bits per heavy atom. The number of esters is 1. The third kappa shape index (κ3) is 2.69. The fourth-order valence-corrected chi connectivity index (χ4v) is 1.85. The predicted molar refractivity (Wildman–Crippen MR) is 51.4 cm³/mol. The van der Waals surface area contributed by atoms with Gasteiger partial charge in [0.2, 0.25) is 0 Å². The van der Waals surface area contributed by atoms with E-state index >= 15 is 0 Å². The summed E-state index contributed by atoms with van der Waals surface area (Å²) >= 11 is 0. The van der Waals surface area contributed by atoms with Crippen LogP contribution in [0.25, 0.3) is 0 Å². The molecule has 1 aliphatic carbocycles. The van der Waals surface area contributed by atoms with Gasteiger partial charge in [-0.15, -0.1) is 0 Å². The maximum Gasteiger partial charge on any atom is 0.307 e. The van der Waals surface area contributed by atoms with Gasteiger partial charge in [-0.05, 0) is 32.2 Å². The average molecular weight is 185 g/mol. The third-order valence-electron chi connectivity index (χ3n) is 2.80. The van der Waals surface area contributed by atoms with Crippen LogP contribution in [0, 0.1) is 5.92 Å². The van der Waals surface area contributed by atoms with E-state index in [1.807, 2.05) is 0 Å². The molecular weight excluding hydrogens is 166 g/mol. The van der Waals surface area contributed by atoms with Crippen molar-refractivity contribution in [1.29, 1.82) is 0 Å². The van der Waals surface area contributed by atoms with E-state index in [2.05, 4.69) is 19.2 Å². The highest BCUT2D eigenvalue weighted by molar-refractivity contribution is 5.70. The summed E-state index contributed by atoms with van der Waals surface area (Å²) in [6.45, 7) is 5.09. The highest BCUT2D eigenvalue weighted by Crippen LogP contribution is 2.41. The second kappa shape index (κ2) is 4.09. The minimum absolute atomic E-state index is 0.0398. The van der Waals surface area contributed by atoms with Gasteiger partial charge >= 0.3 is 5.97 Å². The molecule has 0 aromatic carbocycles. The van der Waals surface area contributed by atoms with Crippen LogP contribution in [0.4, 0.5) is 0 Å². The molecule has 0 aromatic rings.